The Kier molecular flexibility index (Phi) is 4.37. The zero-order chi connectivity index (χ0) is 18.0. The quantitative estimate of drug-likeness (QED) is 0.713. The molecule has 1 N–H and O–H groups in total. The van der Waals surface area contributed by atoms with Crippen molar-refractivity contribution in [2.45, 2.75) is 16.7 Å². The molecule has 3 aromatic rings. The van der Waals surface area contributed by atoms with Crippen LogP contribution in [0, 0.1) is 0 Å². The van der Waals surface area contributed by atoms with Crippen molar-refractivity contribution in [2.75, 3.05) is 6.61 Å². The maximum Gasteiger partial charge on any atom is 0.338 e. The molecule has 1 heterocycles. The number of hydrogen-bond acceptors (Lipinski definition) is 7. The van der Waals surface area contributed by atoms with Crippen LogP contribution in [0.15, 0.2) is 58.5 Å². The number of para-hydroxylation sites is 1. The van der Waals surface area contributed by atoms with Crippen molar-refractivity contribution in [1.82, 2.24) is 9.97 Å². The molecule has 0 saturated carbocycles. The summed E-state index contributed by atoms with van der Waals surface area (Å²) in [5.74, 6) is -0.889. The lowest BCUT2D eigenvalue weighted by Crippen LogP contribution is -2.07. The zero-order valence-electron chi connectivity index (χ0n) is 13.2. The van der Waals surface area contributed by atoms with Gasteiger partial charge in [0.25, 0.3) is 0 Å². The van der Waals surface area contributed by atoms with Crippen LogP contribution in [0.5, 0.6) is 5.88 Å². The van der Waals surface area contributed by atoms with Crippen molar-refractivity contribution in [3.8, 4) is 5.88 Å². The minimum absolute atomic E-state index is 0.00167. The number of hydrogen-bond donors (Lipinski definition) is 1. The van der Waals surface area contributed by atoms with Gasteiger partial charge in [-0.2, -0.15) is 0 Å². The molecule has 3 rings (SSSR count). The number of sulfone groups is 1. The van der Waals surface area contributed by atoms with Gasteiger partial charge in [-0.05, 0) is 43.3 Å². The number of aromatic nitrogens is 2. The molecule has 0 fully saturated rings. The number of carbonyl (C=O) groups excluding carboxylic acids is 1. The molecule has 0 amide bonds. The summed E-state index contributed by atoms with van der Waals surface area (Å²) < 4.78 is 30.7. The van der Waals surface area contributed by atoms with Crippen molar-refractivity contribution in [3.05, 3.63) is 54.2 Å². The summed E-state index contributed by atoms with van der Waals surface area (Å²) in [7, 11) is -3.90. The molecule has 0 aliphatic rings. The minimum Gasteiger partial charge on any atom is -0.492 e. The smallest absolute Gasteiger partial charge is 0.338 e. The van der Waals surface area contributed by atoms with Gasteiger partial charge in [0.1, 0.15) is 5.52 Å². The Morgan fingerprint density at radius 2 is 1.88 bits per heavy atom. The molecule has 0 bridgehead atoms. The second kappa shape index (κ2) is 6.48. The van der Waals surface area contributed by atoms with E-state index in [-0.39, 0.29) is 33.4 Å². The second-order valence-corrected chi connectivity index (χ2v) is 7.02. The predicted octanol–water partition coefficient (Wildman–Crippen LogP) is 2.34. The molecule has 7 nitrogen and oxygen atoms in total. The molecule has 0 radical (unpaired) electrons. The van der Waals surface area contributed by atoms with E-state index in [9.17, 15) is 18.3 Å². The van der Waals surface area contributed by atoms with Crippen LogP contribution in [0.2, 0.25) is 0 Å². The summed E-state index contributed by atoms with van der Waals surface area (Å²) in [6.07, 6.45) is 1.15. The molecule has 0 spiro atoms. The van der Waals surface area contributed by atoms with E-state index in [0.717, 1.165) is 6.20 Å². The highest BCUT2D eigenvalue weighted by Gasteiger charge is 2.22. The average molecular weight is 358 g/mol. The van der Waals surface area contributed by atoms with Crippen LogP contribution >= 0.6 is 0 Å². The van der Waals surface area contributed by atoms with E-state index < -0.39 is 15.8 Å². The first kappa shape index (κ1) is 16.8. The minimum atomic E-state index is -3.90. The van der Waals surface area contributed by atoms with Gasteiger partial charge in [0.05, 0.1) is 33.7 Å². The fraction of sp³-hybridized carbons (Fsp3) is 0.118. The van der Waals surface area contributed by atoms with Crippen LogP contribution in [0.25, 0.3) is 11.0 Å². The normalized spacial score (nSPS) is 11.4. The number of nitrogens with zero attached hydrogens (tertiary/aromatic N) is 2. The van der Waals surface area contributed by atoms with Gasteiger partial charge in [-0.15, -0.1) is 0 Å². The Morgan fingerprint density at radius 3 is 2.56 bits per heavy atom. The Balaban J connectivity index is 2.08. The van der Waals surface area contributed by atoms with Gasteiger partial charge in [-0.25, -0.2) is 23.2 Å². The topological polar surface area (TPSA) is 106 Å². The Morgan fingerprint density at radius 1 is 1.16 bits per heavy atom. The fourth-order valence-corrected chi connectivity index (χ4v) is 3.74. The predicted molar refractivity (Wildman–Crippen MR) is 89.1 cm³/mol. The van der Waals surface area contributed by atoms with Crippen molar-refractivity contribution in [3.63, 3.8) is 0 Å². The van der Waals surface area contributed by atoms with Crippen LogP contribution in [-0.2, 0) is 14.6 Å². The monoisotopic (exact) mass is 358 g/mol. The highest BCUT2D eigenvalue weighted by molar-refractivity contribution is 7.91. The molecule has 128 valence electrons. The van der Waals surface area contributed by atoms with E-state index in [1.54, 1.807) is 19.1 Å². The Hall–Kier alpha value is -3.00. The van der Waals surface area contributed by atoms with Gasteiger partial charge >= 0.3 is 5.97 Å². The molecule has 0 saturated heterocycles. The Labute approximate surface area is 143 Å². The molecule has 2 aromatic carbocycles. The van der Waals surface area contributed by atoms with E-state index >= 15 is 0 Å². The van der Waals surface area contributed by atoms with Gasteiger partial charge in [-0.1, -0.05) is 6.07 Å². The van der Waals surface area contributed by atoms with E-state index in [4.69, 9.17) is 4.74 Å². The van der Waals surface area contributed by atoms with Crippen molar-refractivity contribution < 1.29 is 23.1 Å². The van der Waals surface area contributed by atoms with Crippen LogP contribution < -0.4 is 0 Å². The van der Waals surface area contributed by atoms with E-state index in [1.165, 1.54) is 30.3 Å². The van der Waals surface area contributed by atoms with Crippen LogP contribution in [0.1, 0.15) is 17.3 Å². The van der Waals surface area contributed by atoms with Gasteiger partial charge in [0.2, 0.25) is 15.7 Å². The van der Waals surface area contributed by atoms with Crippen molar-refractivity contribution in [2.24, 2.45) is 0 Å². The molecule has 25 heavy (non-hydrogen) atoms. The summed E-state index contributed by atoms with van der Waals surface area (Å²) in [4.78, 5) is 19.4. The van der Waals surface area contributed by atoms with Crippen LogP contribution in [-0.4, -0.2) is 36.1 Å². The molecule has 0 atom stereocenters. The lowest BCUT2D eigenvalue weighted by atomic mass is 10.2. The molecule has 0 aliphatic heterocycles. The SMILES string of the molecule is CCOC(=O)c1ccc(S(=O)(=O)c2cccc3ncc(O)nc23)cc1. The summed E-state index contributed by atoms with van der Waals surface area (Å²) in [5.41, 5.74) is 0.690. The highest BCUT2D eigenvalue weighted by Crippen LogP contribution is 2.27. The number of benzene rings is 2. The van der Waals surface area contributed by atoms with Crippen molar-refractivity contribution in [1.29, 1.82) is 0 Å². The zero-order valence-corrected chi connectivity index (χ0v) is 14.0. The number of rotatable bonds is 4. The number of ether oxygens (including phenoxy) is 1. The first-order valence-corrected chi connectivity index (χ1v) is 8.89. The number of carbonyl (C=O) groups is 1. The number of esters is 1. The van der Waals surface area contributed by atoms with Crippen LogP contribution in [0.4, 0.5) is 0 Å². The first-order valence-electron chi connectivity index (χ1n) is 7.40. The number of aromatic hydroxyl groups is 1. The number of fused-ring (bicyclic) bond motifs is 1. The molecular weight excluding hydrogens is 344 g/mol. The third kappa shape index (κ3) is 3.16. The summed E-state index contributed by atoms with van der Waals surface area (Å²) >= 11 is 0. The molecular formula is C17H14N2O5S. The van der Waals surface area contributed by atoms with E-state index in [1.807, 2.05) is 0 Å². The molecule has 8 heteroatoms. The third-order valence-corrected chi connectivity index (χ3v) is 5.29. The van der Waals surface area contributed by atoms with Gasteiger partial charge < -0.3 is 9.84 Å². The molecule has 0 aliphatic carbocycles. The van der Waals surface area contributed by atoms with E-state index in [0.29, 0.717) is 5.52 Å². The van der Waals surface area contributed by atoms with Crippen LogP contribution in [0.3, 0.4) is 0 Å². The fourth-order valence-electron chi connectivity index (χ4n) is 2.33. The highest BCUT2D eigenvalue weighted by atomic mass is 32.2. The first-order chi connectivity index (χ1) is 11.9. The second-order valence-electron chi connectivity index (χ2n) is 5.10. The summed E-state index contributed by atoms with van der Waals surface area (Å²) in [6.45, 7) is 1.92. The molecule has 1 aromatic heterocycles. The Bertz CT molecular complexity index is 1050. The van der Waals surface area contributed by atoms with Gasteiger partial charge in [-0.3, -0.25) is 0 Å². The lowest BCUT2D eigenvalue weighted by Gasteiger charge is -2.08. The molecule has 0 unspecified atom stereocenters. The summed E-state index contributed by atoms with van der Waals surface area (Å²) in [6, 6.07) is 9.98. The summed E-state index contributed by atoms with van der Waals surface area (Å²) in [5, 5.41) is 9.52. The maximum absolute atomic E-state index is 12.9. The van der Waals surface area contributed by atoms with Gasteiger partial charge in [0.15, 0.2) is 0 Å². The standard InChI is InChI=1S/C17H14N2O5S/c1-2-24-17(21)11-6-8-12(9-7-11)25(22,23)14-5-3-4-13-16(14)19-15(20)10-18-13/h3-10H,2H2,1H3,(H,19,20). The lowest BCUT2D eigenvalue weighted by molar-refractivity contribution is 0.0526. The largest absolute Gasteiger partial charge is 0.492 e. The maximum atomic E-state index is 12.9. The van der Waals surface area contributed by atoms with E-state index in [2.05, 4.69) is 9.97 Å². The average Bonchev–Trinajstić information content (AvgIpc) is 2.61. The van der Waals surface area contributed by atoms with Crippen molar-refractivity contribution >= 4 is 26.8 Å². The third-order valence-electron chi connectivity index (χ3n) is 3.49. The van der Waals surface area contributed by atoms with Gasteiger partial charge in [0, 0.05) is 0 Å².